The normalized spacial score (nSPS) is 10.7. The van der Waals surface area contributed by atoms with Gasteiger partial charge >= 0.3 is 0 Å². The molecule has 2 aromatic carbocycles. The maximum Gasteiger partial charge on any atom is 0.271 e. The number of amides is 1. The summed E-state index contributed by atoms with van der Waals surface area (Å²) in [5.74, 6) is -0.618. The van der Waals surface area contributed by atoms with Gasteiger partial charge in [0.25, 0.3) is 11.6 Å². The molecule has 2 aromatic rings. The molecule has 0 unspecified atom stereocenters. The molecule has 0 bridgehead atoms. The first-order valence-electron chi connectivity index (χ1n) is 6.46. The summed E-state index contributed by atoms with van der Waals surface area (Å²) in [6.45, 7) is 1.79. The first-order valence-corrected chi connectivity index (χ1v) is 7.25. The monoisotopic (exact) mass is 377 g/mol. The number of nitro benzene ring substituents is 1. The fraction of sp³-hybridized carbons (Fsp3) is 0.0667. The summed E-state index contributed by atoms with van der Waals surface area (Å²) in [6, 6.07) is 9.33. The molecule has 0 saturated carbocycles. The summed E-state index contributed by atoms with van der Waals surface area (Å²) >= 11 is 3.03. The number of benzene rings is 2. The van der Waals surface area contributed by atoms with E-state index in [1.807, 2.05) is 6.07 Å². The van der Waals surface area contributed by atoms with Gasteiger partial charge in [0, 0.05) is 23.3 Å². The Morgan fingerprint density at radius 1 is 1.39 bits per heavy atom. The van der Waals surface area contributed by atoms with Crippen LogP contribution in [0.1, 0.15) is 21.5 Å². The number of aryl methyl sites for hydroxylation is 1. The number of hydrogen-bond acceptors (Lipinski definition) is 5. The molecule has 7 nitrogen and oxygen atoms in total. The average Bonchev–Trinajstić information content (AvgIpc) is 2.51. The molecular formula is C15H12BrN3O4. The maximum absolute atomic E-state index is 12.0. The van der Waals surface area contributed by atoms with E-state index in [1.165, 1.54) is 6.07 Å². The molecule has 0 aliphatic carbocycles. The number of phenols is 1. The lowest BCUT2D eigenvalue weighted by Crippen LogP contribution is -2.18. The molecule has 1 amide bonds. The molecule has 0 saturated heterocycles. The van der Waals surface area contributed by atoms with Gasteiger partial charge in [0.2, 0.25) is 0 Å². The van der Waals surface area contributed by atoms with Crippen LogP contribution in [-0.4, -0.2) is 22.2 Å². The third-order valence-electron chi connectivity index (χ3n) is 3.05. The van der Waals surface area contributed by atoms with Crippen molar-refractivity contribution in [1.82, 2.24) is 5.43 Å². The number of rotatable bonds is 4. The summed E-state index contributed by atoms with van der Waals surface area (Å²) in [5, 5.41) is 24.4. The van der Waals surface area contributed by atoms with E-state index in [9.17, 15) is 20.0 Å². The Balaban J connectivity index is 2.19. The van der Waals surface area contributed by atoms with Crippen molar-refractivity contribution >= 4 is 33.7 Å². The van der Waals surface area contributed by atoms with Gasteiger partial charge in [-0.05, 0) is 34.5 Å². The standard InChI is InChI=1S/C15H12BrN3O4/c1-9-4-2-3-5-12(9)15(21)18-17-8-10-6-11(19(22)23)7-13(16)14(10)20/h2-8,20H,1H3,(H,18,21)/b17-8-. The quantitative estimate of drug-likeness (QED) is 0.484. The van der Waals surface area contributed by atoms with Crippen LogP contribution < -0.4 is 5.43 Å². The molecule has 2 rings (SSSR count). The highest BCUT2D eigenvalue weighted by molar-refractivity contribution is 9.10. The zero-order valence-electron chi connectivity index (χ0n) is 12.0. The van der Waals surface area contributed by atoms with Gasteiger partial charge in [-0.2, -0.15) is 5.10 Å². The van der Waals surface area contributed by atoms with E-state index >= 15 is 0 Å². The maximum atomic E-state index is 12.0. The van der Waals surface area contributed by atoms with Crippen LogP contribution in [0.15, 0.2) is 46.0 Å². The lowest BCUT2D eigenvalue weighted by Gasteiger charge is -2.04. The number of non-ortho nitro benzene ring substituents is 1. The Labute approximate surface area is 139 Å². The van der Waals surface area contributed by atoms with Gasteiger partial charge in [-0.15, -0.1) is 0 Å². The molecule has 0 aliphatic heterocycles. The molecule has 0 radical (unpaired) electrons. The van der Waals surface area contributed by atoms with E-state index in [-0.39, 0.29) is 21.5 Å². The highest BCUT2D eigenvalue weighted by Gasteiger charge is 2.14. The lowest BCUT2D eigenvalue weighted by atomic mass is 10.1. The second-order valence-electron chi connectivity index (χ2n) is 4.64. The van der Waals surface area contributed by atoms with Gasteiger partial charge in [0.05, 0.1) is 15.6 Å². The lowest BCUT2D eigenvalue weighted by molar-refractivity contribution is -0.385. The molecule has 2 N–H and O–H groups in total. The van der Waals surface area contributed by atoms with E-state index in [2.05, 4.69) is 26.5 Å². The minimum absolute atomic E-state index is 0.108. The molecule has 0 aromatic heterocycles. The Morgan fingerprint density at radius 3 is 2.74 bits per heavy atom. The van der Waals surface area contributed by atoms with E-state index < -0.39 is 10.8 Å². The van der Waals surface area contributed by atoms with Gasteiger partial charge in [-0.1, -0.05) is 18.2 Å². The third kappa shape index (κ3) is 3.92. The van der Waals surface area contributed by atoms with Crippen molar-refractivity contribution < 1.29 is 14.8 Å². The Kier molecular flexibility index (Phi) is 5.07. The van der Waals surface area contributed by atoms with Crippen LogP contribution in [0.4, 0.5) is 5.69 Å². The van der Waals surface area contributed by atoms with Gasteiger partial charge in [0.15, 0.2) is 0 Å². The number of phenolic OH excluding ortho intramolecular Hbond substituents is 1. The molecule has 8 heteroatoms. The van der Waals surface area contributed by atoms with E-state index in [0.717, 1.165) is 17.8 Å². The second kappa shape index (κ2) is 7.01. The average molecular weight is 378 g/mol. The number of carbonyl (C=O) groups is 1. The van der Waals surface area contributed by atoms with Crippen LogP contribution in [0, 0.1) is 17.0 Å². The predicted molar refractivity (Wildman–Crippen MR) is 88.7 cm³/mol. The van der Waals surface area contributed by atoms with Crippen LogP contribution in [-0.2, 0) is 0 Å². The van der Waals surface area contributed by atoms with Crippen LogP contribution in [0.25, 0.3) is 0 Å². The summed E-state index contributed by atoms with van der Waals surface area (Å²) in [7, 11) is 0. The van der Waals surface area contributed by atoms with Gasteiger partial charge in [-0.3, -0.25) is 14.9 Å². The van der Waals surface area contributed by atoms with Crippen LogP contribution in [0.2, 0.25) is 0 Å². The number of carbonyl (C=O) groups excluding carboxylic acids is 1. The molecule has 23 heavy (non-hydrogen) atoms. The summed E-state index contributed by atoms with van der Waals surface area (Å²) in [5.41, 5.74) is 3.48. The Hall–Kier alpha value is -2.74. The van der Waals surface area contributed by atoms with Crippen LogP contribution >= 0.6 is 15.9 Å². The highest BCUT2D eigenvalue weighted by atomic mass is 79.9. The summed E-state index contributed by atoms with van der Waals surface area (Å²) in [6.07, 6.45) is 1.14. The zero-order valence-corrected chi connectivity index (χ0v) is 13.6. The van der Waals surface area contributed by atoms with Crippen molar-refractivity contribution in [1.29, 1.82) is 0 Å². The fourth-order valence-corrected chi connectivity index (χ4v) is 2.32. The molecule has 0 fully saturated rings. The number of hydrazone groups is 1. The number of aromatic hydroxyl groups is 1. The van der Waals surface area contributed by atoms with E-state index in [4.69, 9.17) is 0 Å². The zero-order chi connectivity index (χ0) is 17.0. The van der Waals surface area contributed by atoms with Crippen molar-refractivity contribution in [3.8, 4) is 5.75 Å². The number of nitrogens with zero attached hydrogens (tertiary/aromatic N) is 2. The van der Waals surface area contributed by atoms with E-state index in [1.54, 1.807) is 25.1 Å². The molecular weight excluding hydrogens is 366 g/mol. The molecule has 0 aliphatic rings. The Bertz CT molecular complexity index is 805. The minimum atomic E-state index is -0.590. The van der Waals surface area contributed by atoms with Crippen molar-refractivity contribution in [2.24, 2.45) is 5.10 Å². The topological polar surface area (TPSA) is 105 Å². The fourth-order valence-electron chi connectivity index (χ4n) is 1.86. The van der Waals surface area contributed by atoms with Crippen molar-refractivity contribution in [3.63, 3.8) is 0 Å². The predicted octanol–water partition coefficient (Wildman–Crippen LogP) is 3.14. The van der Waals surface area contributed by atoms with Crippen molar-refractivity contribution in [2.75, 3.05) is 0 Å². The number of nitro groups is 1. The van der Waals surface area contributed by atoms with Gasteiger partial charge < -0.3 is 5.11 Å². The smallest absolute Gasteiger partial charge is 0.271 e. The van der Waals surface area contributed by atoms with Gasteiger partial charge in [-0.25, -0.2) is 5.43 Å². The van der Waals surface area contributed by atoms with Crippen LogP contribution in [0.3, 0.4) is 0 Å². The summed E-state index contributed by atoms with van der Waals surface area (Å²) in [4.78, 5) is 22.2. The molecule has 118 valence electrons. The van der Waals surface area contributed by atoms with Crippen molar-refractivity contribution in [2.45, 2.75) is 6.92 Å². The molecule has 0 heterocycles. The second-order valence-corrected chi connectivity index (χ2v) is 5.49. The Morgan fingerprint density at radius 2 is 2.09 bits per heavy atom. The SMILES string of the molecule is Cc1ccccc1C(=O)N/N=C\c1cc([N+](=O)[O-])cc(Br)c1O. The molecule has 0 spiro atoms. The first-order chi connectivity index (χ1) is 10.9. The third-order valence-corrected chi connectivity index (χ3v) is 3.65. The van der Waals surface area contributed by atoms with Crippen LogP contribution in [0.5, 0.6) is 5.75 Å². The molecule has 0 atom stereocenters. The van der Waals surface area contributed by atoms with Gasteiger partial charge in [0.1, 0.15) is 5.75 Å². The van der Waals surface area contributed by atoms with E-state index in [0.29, 0.717) is 5.56 Å². The largest absolute Gasteiger partial charge is 0.506 e. The minimum Gasteiger partial charge on any atom is -0.506 e. The summed E-state index contributed by atoms with van der Waals surface area (Å²) < 4.78 is 0.165. The van der Waals surface area contributed by atoms with Crippen molar-refractivity contribution in [3.05, 3.63) is 67.7 Å². The number of hydrogen-bond donors (Lipinski definition) is 2. The highest BCUT2D eigenvalue weighted by Crippen LogP contribution is 2.31. The number of nitrogens with one attached hydrogen (secondary N) is 1. The number of halogens is 1. The first kappa shape index (κ1) is 16.6.